The minimum atomic E-state index is -0.124. The predicted octanol–water partition coefficient (Wildman–Crippen LogP) is 4.52. The lowest BCUT2D eigenvalue weighted by atomic mass is 9.66. The molecule has 3 nitrogen and oxygen atoms in total. The van der Waals surface area contributed by atoms with Crippen LogP contribution in [0.15, 0.2) is 96.0 Å². The second-order valence-corrected chi connectivity index (χ2v) is 6.97. The molecule has 3 aromatic rings. The summed E-state index contributed by atoms with van der Waals surface area (Å²) in [5, 5.41) is 2.34. The summed E-state index contributed by atoms with van der Waals surface area (Å²) in [6.45, 7) is 0. The van der Waals surface area contributed by atoms with Crippen LogP contribution in [-0.4, -0.2) is 11.9 Å². The molecule has 1 aliphatic carbocycles. The summed E-state index contributed by atoms with van der Waals surface area (Å²) >= 11 is 0. The number of amidine groups is 1. The highest BCUT2D eigenvalue weighted by atomic mass is 15.6. The van der Waals surface area contributed by atoms with Gasteiger partial charge in [0.1, 0.15) is 11.4 Å². The average Bonchev–Trinajstić information content (AvgIpc) is 2.71. The van der Waals surface area contributed by atoms with Crippen LogP contribution < -0.4 is 10.4 Å². The minimum Gasteiger partial charge on any atom is -0.281 e. The standard InChI is InChI=1S/C23H21N3/c1-4-10-18(11-5-1)22-24-21-16-17-23(21,19-12-6-2-7-13-19)26(25-22)20-14-8-3-9-15-20/h1-15,21H,16-17H2,(H,24,25). The molecule has 0 amide bonds. The van der Waals surface area contributed by atoms with Gasteiger partial charge in [0.25, 0.3) is 0 Å². The van der Waals surface area contributed by atoms with Crippen LogP contribution in [0.5, 0.6) is 0 Å². The third-order valence-corrected chi connectivity index (χ3v) is 5.59. The molecule has 26 heavy (non-hydrogen) atoms. The van der Waals surface area contributed by atoms with Crippen molar-refractivity contribution in [1.29, 1.82) is 0 Å². The number of para-hydroxylation sites is 1. The molecule has 0 radical (unpaired) electrons. The summed E-state index contributed by atoms with van der Waals surface area (Å²) in [5.41, 5.74) is 7.14. The molecule has 5 rings (SSSR count). The number of rotatable bonds is 3. The van der Waals surface area contributed by atoms with Crippen molar-refractivity contribution in [2.75, 3.05) is 5.01 Å². The zero-order chi connectivity index (χ0) is 17.4. The van der Waals surface area contributed by atoms with E-state index in [9.17, 15) is 0 Å². The van der Waals surface area contributed by atoms with E-state index in [1.54, 1.807) is 0 Å². The van der Waals surface area contributed by atoms with Crippen molar-refractivity contribution in [3.63, 3.8) is 0 Å². The summed E-state index contributed by atoms with van der Waals surface area (Å²) < 4.78 is 0. The molecule has 2 atom stereocenters. The summed E-state index contributed by atoms with van der Waals surface area (Å²) in [4.78, 5) is 5.11. The SMILES string of the molecule is c1ccc(C2=NC3CCC3(c3ccccc3)N(c3ccccc3)N2)cc1. The molecule has 3 heteroatoms. The van der Waals surface area contributed by atoms with Gasteiger partial charge in [0, 0.05) is 5.56 Å². The summed E-state index contributed by atoms with van der Waals surface area (Å²) in [6, 6.07) is 32.0. The molecule has 1 aliphatic heterocycles. The van der Waals surface area contributed by atoms with Gasteiger partial charge >= 0.3 is 0 Å². The van der Waals surface area contributed by atoms with Gasteiger partial charge in [-0.05, 0) is 30.5 Å². The molecule has 0 spiro atoms. The van der Waals surface area contributed by atoms with E-state index in [0.717, 1.165) is 24.2 Å². The number of hydrazine groups is 1. The molecular formula is C23H21N3. The third-order valence-electron chi connectivity index (χ3n) is 5.59. The smallest absolute Gasteiger partial charge is 0.147 e. The van der Waals surface area contributed by atoms with Crippen molar-refractivity contribution < 1.29 is 0 Å². The van der Waals surface area contributed by atoms with Crippen LogP contribution in [0.25, 0.3) is 0 Å². The largest absolute Gasteiger partial charge is 0.281 e. The number of nitrogens with one attached hydrogen (secondary N) is 1. The van der Waals surface area contributed by atoms with Crippen LogP contribution in [0, 0.1) is 0 Å². The van der Waals surface area contributed by atoms with Gasteiger partial charge in [0.05, 0.1) is 11.7 Å². The molecule has 3 aromatic carbocycles. The highest BCUT2D eigenvalue weighted by Gasteiger charge is 2.55. The number of fused-ring (bicyclic) bond motifs is 1. The van der Waals surface area contributed by atoms with Gasteiger partial charge in [-0.3, -0.25) is 15.4 Å². The number of anilines is 1. The summed E-state index contributed by atoms with van der Waals surface area (Å²) in [5.74, 6) is 0.950. The first kappa shape index (κ1) is 15.2. The Labute approximate surface area is 154 Å². The Morgan fingerprint density at radius 3 is 2.04 bits per heavy atom. The number of aliphatic imine (C=N–C) groups is 1. The first-order valence-electron chi connectivity index (χ1n) is 9.19. The monoisotopic (exact) mass is 339 g/mol. The Bertz CT molecular complexity index is 921. The maximum atomic E-state index is 5.11. The van der Waals surface area contributed by atoms with E-state index in [1.807, 2.05) is 6.07 Å². The molecule has 128 valence electrons. The van der Waals surface area contributed by atoms with Crippen molar-refractivity contribution in [1.82, 2.24) is 5.43 Å². The molecule has 0 saturated heterocycles. The van der Waals surface area contributed by atoms with Crippen LogP contribution >= 0.6 is 0 Å². The van der Waals surface area contributed by atoms with E-state index in [-0.39, 0.29) is 11.6 Å². The van der Waals surface area contributed by atoms with Crippen molar-refractivity contribution in [3.8, 4) is 0 Å². The Balaban J connectivity index is 1.65. The fourth-order valence-electron chi connectivity index (χ4n) is 4.17. The van der Waals surface area contributed by atoms with Crippen molar-refractivity contribution in [2.24, 2.45) is 4.99 Å². The van der Waals surface area contributed by atoms with Gasteiger partial charge in [-0.1, -0.05) is 78.9 Å². The maximum Gasteiger partial charge on any atom is 0.147 e. The quantitative estimate of drug-likeness (QED) is 0.760. The fraction of sp³-hybridized carbons (Fsp3) is 0.174. The highest BCUT2D eigenvalue weighted by Crippen LogP contribution is 2.51. The zero-order valence-electron chi connectivity index (χ0n) is 14.5. The second-order valence-electron chi connectivity index (χ2n) is 6.97. The van der Waals surface area contributed by atoms with Crippen LogP contribution in [0.4, 0.5) is 5.69 Å². The van der Waals surface area contributed by atoms with Gasteiger partial charge in [0.2, 0.25) is 0 Å². The Morgan fingerprint density at radius 1 is 0.808 bits per heavy atom. The van der Waals surface area contributed by atoms with E-state index < -0.39 is 0 Å². The second kappa shape index (κ2) is 6.03. The van der Waals surface area contributed by atoms with E-state index in [1.165, 1.54) is 11.3 Å². The van der Waals surface area contributed by atoms with Gasteiger partial charge < -0.3 is 0 Å². The van der Waals surface area contributed by atoms with E-state index in [0.29, 0.717) is 0 Å². The molecule has 1 fully saturated rings. The highest BCUT2D eigenvalue weighted by molar-refractivity contribution is 6.00. The van der Waals surface area contributed by atoms with Gasteiger partial charge in [-0.2, -0.15) is 0 Å². The molecule has 1 heterocycles. The number of hydrogen-bond donors (Lipinski definition) is 1. The van der Waals surface area contributed by atoms with E-state index in [4.69, 9.17) is 4.99 Å². The first-order valence-corrected chi connectivity index (χ1v) is 9.19. The first-order chi connectivity index (χ1) is 12.9. The average molecular weight is 339 g/mol. The fourth-order valence-corrected chi connectivity index (χ4v) is 4.17. The Morgan fingerprint density at radius 2 is 1.42 bits per heavy atom. The lowest BCUT2D eigenvalue weighted by molar-refractivity contribution is 0.166. The van der Waals surface area contributed by atoms with Crippen LogP contribution in [0.3, 0.4) is 0 Å². The normalized spacial score (nSPS) is 24.1. The lowest BCUT2D eigenvalue weighted by Gasteiger charge is -2.58. The molecule has 0 bridgehead atoms. The van der Waals surface area contributed by atoms with Gasteiger partial charge in [0.15, 0.2) is 0 Å². The zero-order valence-corrected chi connectivity index (χ0v) is 14.5. The Kier molecular flexibility index (Phi) is 3.52. The van der Waals surface area contributed by atoms with Crippen LogP contribution in [0.2, 0.25) is 0 Å². The van der Waals surface area contributed by atoms with Crippen molar-refractivity contribution in [3.05, 3.63) is 102 Å². The van der Waals surface area contributed by atoms with Gasteiger partial charge in [-0.15, -0.1) is 0 Å². The summed E-state index contributed by atoms with van der Waals surface area (Å²) in [7, 11) is 0. The lowest BCUT2D eigenvalue weighted by Crippen LogP contribution is -2.69. The molecule has 2 unspecified atom stereocenters. The van der Waals surface area contributed by atoms with Crippen LogP contribution in [0.1, 0.15) is 24.0 Å². The molecule has 1 N–H and O–H groups in total. The van der Waals surface area contributed by atoms with Gasteiger partial charge in [-0.25, -0.2) is 0 Å². The number of hydrogen-bond acceptors (Lipinski definition) is 3. The molecule has 1 saturated carbocycles. The minimum absolute atomic E-state index is 0.124. The Hall–Kier alpha value is -3.07. The van der Waals surface area contributed by atoms with Crippen LogP contribution in [-0.2, 0) is 5.54 Å². The topological polar surface area (TPSA) is 27.6 Å². The number of nitrogens with zero attached hydrogens (tertiary/aromatic N) is 2. The molecule has 2 aliphatic rings. The third kappa shape index (κ3) is 2.24. The van der Waals surface area contributed by atoms with E-state index in [2.05, 4.69) is 95.4 Å². The number of benzene rings is 3. The summed E-state index contributed by atoms with van der Waals surface area (Å²) in [6.07, 6.45) is 2.20. The van der Waals surface area contributed by atoms with E-state index >= 15 is 0 Å². The molecular weight excluding hydrogens is 318 g/mol. The van der Waals surface area contributed by atoms with Crippen molar-refractivity contribution >= 4 is 11.5 Å². The molecule has 0 aromatic heterocycles. The predicted molar refractivity (Wildman–Crippen MR) is 106 cm³/mol. The van der Waals surface area contributed by atoms with Crippen molar-refractivity contribution in [2.45, 2.75) is 24.4 Å². The maximum absolute atomic E-state index is 5.11.